The standard InChI is InChI=1S/C30H38O5/c1-19(13-15-31)17-30(33)14-12-26-25-10-6-21-16-22(32)7-11-24(21)27(25)28(35-18-29(26,30)2)20-4-8-23(34-3)9-5-20/h4-5,8-9,16,25-26,28,31,33H,1,6-7,10-15,17-18H2,2-3H3/t25?,26?,28-,29-,30+/m0/s1. The van der Waals surface area contributed by atoms with E-state index in [-0.39, 0.29) is 18.5 Å². The Morgan fingerprint density at radius 1 is 1.20 bits per heavy atom. The first-order chi connectivity index (χ1) is 16.8. The van der Waals surface area contributed by atoms with Gasteiger partial charge in [0.15, 0.2) is 5.78 Å². The monoisotopic (exact) mass is 478 g/mol. The van der Waals surface area contributed by atoms with Crippen LogP contribution in [0.25, 0.3) is 0 Å². The second-order valence-electron chi connectivity index (χ2n) is 11.2. The van der Waals surface area contributed by atoms with Gasteiger partial charge in [0.25, 0.3) is 0 Å². The maximum atomic E-state index is 12.2. The lowest BCUT2D eigenvalue weighted by Gasteiger charge is -2.45. The van der Waals surface area contributed by atoms with E-state index < -0.39 is 11.0 Å². The molecule has 1 aromatic rings. The van der Waals surface area contributed by atoms with Gasteiger partial charge in [0.05, 0.1) is 19.3 Å². The number of ether oxygens (including phenoxy) is 2. The molecule has 2 N–H and O–H groups in total. The lowest BCUT2D eigenvalue weighted by Crippen LogP contribution is -2.49. The highest BCUT2D eigenvalue weighted by Crippen LogP contribution is 2.63. The molecule has 1 saturated heterocycles. The van der Waals surface area contributed by atoms with Crippen LogP contribution in [0.2, 0.25) is 0 Å². The maximum Gasteiger partial charge on any atom is 0.156 e. The zero-order valence-electron chi connectivity index (χ0n) is 21.0. The van der Waals surface area contributed by atoms with Crippen LogP contribution in [0.3, 0.4) is 0 Å². The van der Waals surface area contributed by atoms with Gasteiger partial charge >= 0.3 is 0 Å². The molecular formula is C30H38O5. The van der Waals surface area contributed by atoms with Crippen LogP contribution in [0, 0.1) is 17.3 Å². The van der Waals surface area contributed by atoms with Crippen LogP contribution in [0.1, 0.15) is 70.0 Å². The number of aliphatic hydroxyl groups is 2. The maximum absolute atomic E-state index is 12.2. The number of ketones is 1. The molecule has 1 saturated carbocycles. The van der Waals surface area contributed by atoms with Crippen molar-refractivity contribution in [2.45, 2.75) is 70.0 Å². The first kappa shape index (κ1) is 24.5. The zero-order chi connectivity index (χ0) is 24.8. The summed E-state index contributed by atoms with van der Waals surface area (Å²) in [5.74, 6) is 1.62. The van der Waals surface area contributed by atoms with Gasteiger partial charge in [0.2, 0.25) is 0 Å². The van der Waals surface area contributed by atoms with E-state index in [4.69, 9.17) is 9.47 Å². The smallest absolute Gasteiger partial charge is 0.156 e. The fourth-order valence-corrected chi connectivity index (χ4v) is 7.36. The van der Waals surface area contributed by atoms with Crippen molar-refractivity contribution in [3.8, 4) is 5.75 Å². The molecule has 4 aliphatic rings. The van der Waals surface area contributed by atoms with Gasteiger partial charge in [-0.15, -0.1) is 0 Å². The largest absolute Gasteiger partial charge is 0.497 e. The summed E-state index contributed by atoms with van der Waals surface area (Å²) in [5.41, 5.74) is 4.47. The minimum Gasteiger partial charge on any atom is -0.497 e. The minimum absolute atomic E-state index is 0.0534. The Bertz CT molecular complexity index is 1070. The molecule has 1 aliphatic heterocycles. The summed E-state index contributed by atoms with van der Waals surface area (Å²) < 4.78 is 12.2. The molecule has 5 nitrogen and oxygen atoms in total. The molecule has 3 aliphatic carbocycles. The Hall–Kier alpha value is -2.21. The molecule has 0 aromatic heterocycles. The van der Waals surface area contributed by atoms with Crippen LogP contribution in [0.5, 0.6) is 5.75 Å². The van der Waals surface area contributed by atoms with Crippen LogP contribution in [-0.4, -0.2) is 41.9 Å². The average Bonchev–Trinajstić information content (AvgIpc) is 3.00. The molecule has 0 amide bonds. The highest BCUT2D eigenvalue weighted by molar-refractivity contribution is 5.93. The van der Waals surface area contributed by atoms with Crippen LogP contribution in [-0.2, 0) is 9.53 Å². The van der Waals surface area contributed by atoms with Crippen molar-refractivity contribution < 1.29 is 24.5 Å². The number of carbonyl (C=O) groups excluding carboxylic acids is 1. The Morgan fingerprint density at radius 2 is 1.97 bits per heavy atom. The van der Waals surface area contributed by atoms with Crippen molar-refractivity contribution >= 4 is 5.78 Å². The molecule has 2 fully saturated rings. The van der Waals surface area contributed by atoms with Gasteiger partial charge in [-0.3, -0.25) is 4.79 Å². The highest BCUT2D eigenvalue weighted by atomic mass is 16.5. The number of fused-ring (bicyclic) bond motifs is 4. The fourth-order valence-electron chi connectivity index (χ4n) is 7.36. The molecule has 0 bridgehead atoms. The summed E-state index contributed by atoms with van der Waals surface area (Å²) in [4.78, 5) is 12.2. The van der Waals surface area contributed by atoms with Crippen molar-refractivity contribution in [1.82, 2.24) is 0 Å². The minimum atomic E-state index is -0.910. The van der Waals surface area contributed by atoms with Crippen molar-refractivity contribution in [1.29, 1.82) is 0 Å². The van der Waals surface area contributed by atoms with E-state index >= 15 is 0 Å². The summed E-state index contributed by atoms with van der Waals surface area (Å²) in [6.45, 7) is 6.86. The number of aliphatic hydroxyl groups excluding tert-OH is 1. The summed E-state index contributed by atoms with van der Waals surface area (Å²) in [6.07, 6.45) is 7.53. The van der Waals surface area contributed by atoms with E-state index in [1.165, 1.54) is 16.7 Å². The van der Waals surface area contributed by atoms with Gasteiger partial charge in [0, 0.05) is 18.4 Å². The predicted octanol–water partition coefficient (Wildman–Crippen LogP) is 5.24. The SMILES string of the molecule is C=C(CCO)C[C@]1(O)CCC2C3CCC4=CC(=O)CCC4=C3[C@H](c3ccc(OC)cc3)OC[C@@]21C. The van der Waals surface area contributed by atoms with E-state index in [1.807, 2.05) is 18.2 Å². The fraction of sp³-hybridized carbons (Fsp3) is 0.567. The van der Waals surface area contributed by atoms with E-state index in [0.717, 1.165) is 49.0 Å². The number of hydrogen-bond donors (Lipinski definition) is 2. The molecule has 0 spiro atoms. The second kappa shape index (κ2) is 9.34. The van der Waals surface area contributed by atoms with E-state index in [2.05, 4.69) is 25.6 Å². The van der Waals surface area contributed by atoms with Gasteiger partial charge < -0.3 is 19.7 Å². The average molecular weight is 479 g/mol. The van der Waals surface area contributed by atoms with Crippen LogP contribution in [0.15, 0.2) is 59.2 Å². The van der Waals surface area contributed by atoms with Crippen LogP contribution >= 0.6 is 0 Å². The van der Waals surface area contributed by atoms with Gasteiger partial charge in [0.1, 0.15) is 11.9 Å². The van der Waals surface area contributed by atoms with E-state index in [0.29, 0.717) is 37.7 Å². The first-order valence-electron chi connectivity index (χ1n) is 13.0. The Morgan fingerprint density at radius 3 is 2.69 bits per heavy atom. The third-order valence-corrected chi connectivity index (χ3v) is 9.31. The Kier molecular flexibility index (Phi) is 6.54. The number of allylic oxidation sites excluding steroid dienone is 3. The molecule has 5 rings (SSSR count). The quantitative estimate of drug-likeness (QED) is 0.547. The van der Waals surface area contributed by atoms with Crippen LogP contribution in [0.4, 0.5) is 0 Å². The van der Waals surface area contributed by atoms with Crippen LogP contribution < -0.4 is 4.74 Å². The van der Waals surface area contributed by atoms with Gasteiger partial charge in [-0.2, -0.15) is 0 Å². The second-order valence-corrected chi connectivity index (χ2v) is 11.2. The molecule has 1 heterocycles. The van der Waals surface area contributed by atoms with Crippen molar-refractivity contribution in [2.75, 3.05) is 20.3 Å². The first-order valence-corrected chi connectivity index (χ1v) is 13.0. The topological polar surface area (TPSA) is 76.0 Å². The predicted molar refractivity (Wildman–Crippen MR) is 135 cm³/mol. The number of carbonyl (C=O) groups is 1. The van der Waals surface area contributed by atoms with E-state index in [9.17, 15) is 15.0 Å². The molecule has 2 unspecified atom stereocenters. The summed E-state index contributed by atoms with van der Waals surface area (Å²) in [5, 5.41) is 21.4. The number of hydrogen-bond acceptors (Lipinski definition) is 5. The Labute approximate surface area is 208 Å². The molecule has 188 valence electrons. The number of methoxy groups -OCH3 is 1. The lowest BCUT2D eigenvalue weighted by molar-refractivity contribution is -0.114. The molecule has 1 aromatic carbocycles. The third kappa shape index (κ3) is 4.12. The normalized spacial score (nSPS) is 34.5. The number of benzene rings is 1. The highest BCUT2D eigenvalue weighted by Gasteiger charge is 2.61. The zero-order valence-corrected chi connectivity index (χ0v) is 21.0. The number of rotatable bonds is 6. The summed E-state index contributed by atoms with van der Waals surface area (Å²) >= 11 is 0. The summed E-state index contributed by atoms with van der Waals surface area (Å²) in [7, 11) is 1.67. The van der Waals surface area contributed by atoms with Gasteiger partial charge in [-0.05, 0) is 97.3 Å². The molecule has 5 atom stereocenters. The summed E-state index contributed by atoms with van der Waals surface area (Å²) in [6, 6.07) is 8.12. The van der Waals surface area contributed by atoms with Crippen molar-refractivity contribution in [3.05, 3.63) is 64.8 Å². The molecule has 0 radical (unpaired) electrons. The van der Waals surface area contributed by atoms with Gasteiger partial charge in [-0.25, -0.2) is 0 Å². The van der Waals surface area contributed by atoms with E-state index in [1.54, 1.807) is 7.11 Å². The molecular weight excluding hydrogens is 440 g/mol. The van der Waals surface area contributed by atoms with Crippen molar-refractivity contribution in [3.63, 3.8) is 0 Å². The third-order valence-electron chi connectivity index (χ3n) is 9.31. The molecule has 5 heteroatoms. The lowest BCUT2D eigenvalue weighted by atomic mass is 9.61. The Balaban J connectivity index is 1.60. The molecule has 35 heavy (non-hydrogen) atoms. The van der Waals surface area contributed by atoms with Gasteiger partial charge in [-0.1, -0.05) is 31.2 Å². The van der Waals surface area contributed by atoms with Crippen molar-refractivity contribution in [2.24, 2.45) is 17.3 Å².